The summed E-state index contributed by atoms with van der Waals surface area (Å²) in [6, 6.07) is 11.1. The van der Waals surface area contributed by atoms with E-state index in [-0.39, 0.29) is 5.91 Å². The highest BCUT2D eigenvalue weighted by molar-refractivity contribution is 7.89. The van der Waals surface area contributed by atoms with Gasteiger partial charge >= 0.3 is 0 Å². The molecule has 0 bridgehead atoms. The molecule has 33 heavy (non-hydrogen) atoms. The van der Waals surface area contributed by atoms with E-state index in [1.165, 1.54) is 15.9 Å². The summed E-state index contributed by atoms with van der Waals surface area (Å²) in [6.45, 7) is 2.38. The first kappa shape index (κ1) is 22.0. The molecule has 174 valence electrons. The van der Waals surface area contributed by atoms with E-state index in [1.54, 1.807) is 17.0 Å². The maximum atomic E-state index is 13.2. The van der Waals surface area contributed by atoms with Crippen LogP contribution in [-0.4, -0.2) is 62.9 Å². The van der Waals surface area contributed by atoms with Crippen LogP contribution in [-0.2, 0) is 27.7 Å². The number of rotatable bonds is 4. The zero-order valence-corrected chi connectivity index (χ0v) is 19.4. The minimum Gasteiger partial charge on any atom is -0.486 e. The number of carbonyl (C=O) groups excluding carboxylic acids is 1. The van der Waals surface area contributed by atoms with Crippen molar-refractivity contribution in [2.45, 2.75) is 30.6 Å². The predicted octanol–water partition coefficient (Wildman–Crippen LogP) is 2.88. The van der Waals surface area contributed by atoms with Crippen molar-refractivity contribution in [2.75, 3.05) is 39.4 Å². The van der Waals surface area contributed by atoms with Crippen molar-refractivity contribution in [3.05, 3.63) is 59.2 Å². The highest BCUT2D eigenvalue weighted by atomic mass is 32.2. The summed E-state index contributed by atoms with van der Waals surface area (Å²) in [5.41, 5.74) is 3.27. The summed E-state index contributed by atoms with van der Waals surface area (Å²) in [6.07, 6.45) is 7.51. The fourth-order valence-electron chi connectivity index (χ4n) is 4.60. The fraction of sp³-hybridized carbons (Fsp3) is 0.400. The van der Waals surface area contributed by atoms with Crippen LogP contribution in [0.3, 0.4) is 0 Å². The number of hydrogen-bond donors (Lipinski definition) is 0. The van der Waals surface area contributed by atoms with Gasteiger partial charge in [-0.25, -0.2) is 8.42 Å². The second-order valence-electron chi connectivity index (χ2n) is 8.60. The van der Waals surface area contributed by atoms with Gasteiger partial charge in [0.25, 0.3) is 0 Å². The van der Waals surface area contributed by atoms with E-state index in [0.29, 0.717) is 55.8 Å². The topological polar surface area (TPSA) is 76.2 Å². The van der Waals surface area contributed by atoms with E-state index in [1.807, 2.05) is 30.3 Å². The van der Waals surface area contributed by atoms with Gasteiger partial charge < -0.3 is 14.4 Å². The minimum absolute atomic E-state index is 0.129. The maximum Gasteiger partial charge on any atom is 0.246 e. The van der Waals surface area contributed by atoms with Crippen LogP contribution in [0.4, 0.5) is 0 Å². The number of sulfonamides is 1. The lowest BCUT2D eigenvalue weighted by Crippen LogP contribution is -2.50. The Bertz CT molecular complexity index is 1180. The lowest BCUT2D eigenvalue weighted by molar-refractivity contribution is -0.127. The molecule has 2 heterocycles. The zero-order valence-electron chi connectivity index (χ0n) is 18.5. The van der Waals surface area contributed by atoms with Gasteiger partial charge in [0.2, 0.25) is 15.9 Å². The molecule has 0 atom stereocenters. The number of amides is 1. The smallest absolute Gasteiger partial charge is 0.246 e. The van der Waals surface area contributed by atoms with Crippen molar-refractivity contribution in [3.63, 3.8) is 0 Å². The molecule has 5 rings (SSSR count). The van der Waals surface area contributed by atoms with E-state index in [2.05, 4.69) is 0 Å². The largest absolute Gasteiger partial charge is 0.486 e. The van der Waals surface area contributed by atoms with Crippen LogP contribution in [0.2, 0.25) is 0 Å². The van der Waals surface area contributed by atoms with Crippen molar-refractivity contribution >= 4 is 22.0 Å². The third-order valence-corrected chi connectivity index (χ3v) is 8.39. The van der Waals surface area contributed by atoms with Crippen LogP contribution in [0.5, 0.6) is 11.5 Å². The molecule has 0 saturated carbocycles. The second-order valence-corrected chi connectivity index (χ2v) is 10.5. The van der Waals surface area contributed by atoms with Gasteiger partial charge in [-0.05, 0) is 72.7 Å². The summed E-state index contributed by atoms with van der Waals surface area (Å²) in [5.74, 6) is 1.26. The van der Waals surface area contributed by atoms with Crippen LogP contribution < -0.4 is 9.47 Å². The highest BCUT2D eigenvalue weighted by Crippen LogP contribution is 2.31. The first-order chi connectivity index (χ1) is 16.0. The van der Waals surface area contributed by atoms with Gasteiger partial charge in [-0.1, -0.05) is 12.1 Å². The quantitative estimate of drug-likeness (QED) is 0.645. The Kier molecular flexibility index (Phi) is 6.12. The van der Waals surface area contributed by atoms with Gasteiger partial charge in [-0.15, -0.1) is 0 Å². The molecule has 2 aromatic carbocycles. The molecular formula is C25H28N2O5S. The number of aryl methyl sites for hydroxylation is 2. The SMILES string of the molecule is O=C(/C=C/c1ccc2c(c1)OCCO2)N1CCN(S(=O)(=O)c2ccc3c(c2)CCCC3)CC1. The highest BCUT2D eigenvalue weighted by Gasteiger charge is 2.30. The molecule has 1 saturated heterocycles. The van der Waals surface area contributed by atoms with Gasteiger partial charge in [-0.3, -0.25) is 4.79 Å². The van der Waals surface area contributed by atoms with Crippen LogP contribution in [0.25, 0.3) is 6.08 Å². The van der Waals surface area contributed by atoms with Gasteiger partial charge in [-0.2, -0.15) is 4.31 Å². The first-order valence-corrected chi connectivity index (χ1v) is 12.9. The fourth-order valence-corrected chi connectivity index (χ4v) is 6.08. The standard InChI is InChI=1S/C25H28N2O5S/c28-25(10-6-19-5-9-23-24(17-19)32-16-15-31-23)26-11-13-27(14-12-26)33(29,30)22-8-7-20-3-1-2-4-21(20)18-22/h5-10,17-18H,1-4,11-16H2/b10-6+. The molecule has 0 radical (unpaired) electrons. The van der Waals surface area contributed by atoms with Crippen molar-refractivity contribution in [1.82, 2.24) is 9.21 Å². The molecule has 8 heteroatoms. The van der Waals surface area contributed by atoms with E-state index in [4.69, 9.17) is 9.47 Å². The maximum absolute atomic E-state index is 13.2. The molecule has 0 N–H and O–H groups in total. The Hall–Kier alpha value is -2.84. The monoisotopic (exact) mass is 468 g/mol. The van der Waals surface area contributed by atoms with Gasteiger partial charge in [0, 0.05) is 32.3 Å². The summed E-state index contributed by atoms with van der Waals surface area (Å²) in [7, 11) is -3.56. The van der Waals surface area contributed by atoms with Crippen molar-refractivity contribution in [1.29, 1.82) is 0 Å². The third-order valence-electron chi connectivity index (χ3n) is 6.49. The second kappa shape index (κ2) is 9.19. The molecule has 1 amide bonds. The normalized spacial score (nSPS) is 18.8. The lowest BCUT2D eigenvalue weighted by atomic mass is 9.92. The Labute approximate surface area is 194 Å². The van der Waals surface area contributed by atoms with Crippen LogP contribution in [0.15, 0.2) is 47.4 Å². The number of benzene rings is 2. The molecule has 2 aliphatic heterocycles. The molecule has 1 aliphatic carbocycles. The van der Waals surface area contributed by atoms with Crippen molar-refractivity contribution in [3.8, 4) is 11.5 Å². The van der Waals surface area contributed by atoms with Gasteiger partial charge in [0.1, 0.15) is 13.2 Å². The summed E-state index contributed by atoms with van der Waals surface area (Å²) in [4.78, 5) is 14.7. The molecular weight excluding hydrogens is 440 g/mol. The predicted molar refractivity (Wildman–Crippen MR) is 125 cm³/mol. The van der Waals surface area contributed by atoms with Gasteiger partial charge in [0.15, 0.2) is 11.5 Å². The molecule has 0 unspecified atom stereocenters. The number of hydrogen-bond acceptors (Lipinski definition) is 5. The third kappa shape index (κ3) is 4.63. The van der Waals surface area contributed by atoms with Crippen LogP contribution in [0.1, 0.15) is 29.5 Å². The summed E-state index contributed by atoms with van der Waals surface area (Å²) >= 11 is 0. The summed E-state index contributed by atoms with van der Waals surface area (Å²) < 4.78 is 38.9. The van der Waals surface area contributed by atoms with Gasteiger partial charge in [0.05, 0.1) is 4.90 Å². The van der Waals surface area contributed by atoms with Crippen LogP contribution in [0, 0.1) is 0 Å². The van der Waals surface area contributed by atoms with Crippen molar-refractivity contribution < 1.29 is 22.7 Å². The van der Waals surface area contributed by atoms with E-state index < -0.39 is 10.0 Å². The molecule has 2 aromatic rings. The molecule has 3 aliphatic rings. The van der Waals surface area contributed by atoms with E-state index >= 15 is 0 Å². The average molecular weight is 469 g/mol. The average Bonchev–Trinajstić information content (AvgIpc) is 2.87. The number of ether oxygens (including phenoxy) is 2. The van der Waals surface area contributed by atoms with Crippen LogP contribution >= 0.6 is 0 Å². The van der Waals surface area contributed by atoms with E-state index in [0.717, 1.165) is 36.8 Å². The molecule has 0 spiro atoms. The Morgan fingerprint density at radius 3 is 2.36 bits per heavy atom. The number of piperazine rings is 1. The first-order valence-electron chi connectivity index (χ1n) is 11.5. The number of carbonyl (C=O) groups is 1. The number of fused-ring (bicyclic) bond motifs is 2. The Morgan fingerprint density at radius 2 is 1.58 bits per heavy atom. The minimum atomic E-state index is -3.56. The molecule has 7 nitrogen and oxygen atoms in total. The zero-order chi connectivity index (χ0) is 22.8. The lowest BCUT2D eigenvalue weighted by Gasteiger charge is -2.33. The van der Waals surface area contributed by atoms with Crippen molar-refractivity contribution in [2.24, 2.45) is 0 Å². The Morgan fingerprint density at radius 1 is 0.848 bits per heavy atom. The summed E-state index contributed by atoms with van der Waals surface area (Å²) in [5, 5.41) is 0. The molecule has 0 aromatic heterocycles. The molecule has 1 fully saturated rings. The number of nitrogens with zero attached hydrogens (tertiary/aromatic N) is 2. The van der Waals surface area contributed by atoms with E-state index in [9.17, 15) is 13.2 Å². The Balaban J connectivity index is 1.20.